The van der Waals surface area contributed by atoms with Gasteiger partial charge >= 0.3 is 0 Å². The second-order valence-electron chi connectivity index (χ2n) is 4.51. The lowest BCUT2D eigenvalue weighted by molar-refractivity contribution is 0.411. The van der Waals surface area contributed by atoms with Crippen LogP contribution in [0.2, 0.25) is 0 Å². The van der Waals surface area contributed by atoms with Crippen molar-refractivity contribution < 1.29 is 4.42 Å². The van der Waals surface area contributed by atoms with Crippen molar-refractivity contribution in [2.45, 2.75) is 25.3 Å². The molecule has 2 N–H and O–H groups in total. The summed E-state index contributed by atoms with van der Waals surface area (Å²) in [6, 6.07) is 8.99. The molecule has 1 aromatic carbocycles. The number of piperidine rings is 1. The van der Waals surface area contributed by atoms with E-state index in [1.54, 1.807) is 0 Å². The van der Waals surface area contributed by atoms with E-state index in [2.05, 4.69) is 15.6 Å². The highest BCUT2D eigenvalue weighted by atomic mass is 16.4. The first kappa shape index (κ1) is 10.6. The summed E-state index contributed by atoms with van der Waals surface area (Å²) in [6.45, 7) is 2.01. The Hall–Kier alpha value is -1.55. The molecule has 0 amide bonds. The third-order valence-corrected chi connectivity index (χ3v) is 3.21. The van der Waals surface area contributed by atoms with Crippen LogP contribution in [-0.4, -0.2) is 24.1 Å². The second kappa shape index (κ2) is 4.75. The van der Waals surface area contributed by atoms with Gasteiger partial charge in [0.1, 0.15) is 5.52 Å². The third-order valence-electron chi connectivity index (χ3n) is 3.21. The van der Waals surface area contributed by atoms with Crippen LogP contribution in [0.4, 0.5) is 6.01 Å². The maximum absolute atomic E-state index is 5.61. The molecular weight excluding hydrogens is 214 g/mol. The lowest BCUT2D eigenvalue weighted by atomic mass is 10.1. The van der Waals surface area contributed by atoms with Gasteiger partial charge in [-0.25, -0.2) is 0 Å². The van der Waals surface area contributed by atoms with Gasteiger partial charge in [0.05, 0.1) is 0 Å². The number of para-hydroxylation sites is 2. The molecule has 0 radical (unpaired) electrons. The van der Waals surface area contributed by atoms with E-state index in [0.717, 1.165) is 24.2 Å². The molecule has 4 heteroatoms. The van der Waals surface area contributed by atoms with Gasteiger partial charge in [-0.2, -0.15) is 4.98 Å². The summed E-state index contributed by atoms with van der Waals surface area (Å²) in [5.41, 5.74) is 1.75. The van der Waals surface area contributed by atoms with E-state index in [4.69, 9.17) is 4.42 Å². The normalized spacial score (nSPS) is 20.6. The number of fused-ring (bicyclic) bond motifs is 1. The van der Waals surface area contributed by atoms with E-state index in [-0.39, 0.29) is 0 Å². The monoisotopic (exact) mass is 231 g/mol. The van der Waals surface area contributed by atoms with E-state index in [1.165, 1.54) is 19.3 Å². The topological polar surface area (TPSA) is 50.1 Å². The smallest absolute Gasteiger partial charge is 0.295 e. The van der Waals surface area contributed by atoms with Crippen molar-refractivity contribution in [1.29, 1.82) is 0 Å². The Kier molecular flexibility index (Phi) is 2.96. The van der Waals surface area contributed by atoms with Crippen molar-refractivity contribution in [2.24, 2.45) is 0 Å². The van der Waals surface area contributed by atoms with Gasteiger partial charge in [0, 0.05) is 12.6 Å². The van der Waals surface area contributed by atoms with E-state index in [9.17, 15) is 0 Å². The van der Waals surface area contributed by atoms with Crippen molar-refractivity contribution >= 4 is 17.1 Å². The molecule has 1 aromatic heterocycles. The number of hydrogen-bond donors (Lipinski definition) is 2. The van der Waals surface area contributed by atoms with Crippen molar-refractivity contribution in [1.82, 2.24) is 10.3 Å². The molecular formula is C13H17N3O. The van der Waals surface area contributed by atoms with E-state index >= 15 is 0 Å². The van der Waals surface area contributed by atoms with Crippen LogP contribution in [0.15, 0.2) is 28.7 Å². The van der Waals surface area contributed by atoms with Gasteiger partial charge in [0.25, 0.3) is 6.01 Å². The fourth-order valence-corrected chi connectivity index (χ4v) is 2.26. The summed E-state index contributed by atoms with van der Waals surface area (Å²) in [7, 11) is 0. The van der Waals surface area contributed by atoms with Crippen molar-refractivity contribution in [3.63, 3.8) is 0 Å². The standard InChI is InChI=1S/C13H17N3O/c1-2-7-12-11(6-1)16-13(17-12)15-9-10-5-3-4-8-14-10/h1-2,6-7,10,14H,3-5,8-9H2,(H,15,16). The summed E-state index contributed by atoms with van der Waals surface area (Å²) in [6.07, 6.45) is 3.83. The van der Waals surface area contributed by atoms with Crippen LogP contribution in [0.3, 0.4) is 0 Å². The maximum atomic E-state index is 5.61. The second-order valence-corrected chi connectivity index (χ2v) is 4.51. The van der Waals surface area contributed by atoms with Crippen molar-refractivity contribution in [3.05, 3.63) is 24.3 Å². The van der Waals surface area contributed by atoms with Crippen LogP contribution in [0.5, 0.6) is 0 Å². The summed E-state index contributed by atoms with van der Waals surface area (Å²) in [5, 5.41) is 6.75. The van der Waals surface area contributed by atoms with Gasteiger partial charge < -0.3 is 15.1 Å². The zero-order valence-electron chi connectivity index (χ0n) is 9.78. The van der Waals surface area contributed by atoms with E-state index < -0.39 is 0 Å². The molecule has 0 spiro atoms. The maximum Gasteiger partial charge on any atom is 0.295 e. The molecule has 3 rings (SSSR count). The van der Waals surface area contributed by atoms with E-state index in [0.29, 0.717) is 12.1 Å². The zero-order valence-corrected chi connectivity index (χ0v) is 9.78. The van der Waals surface area contributed by atoms with Crippen LogP contribution >= 0.6 is 0 Å². The summed E-state index contributed by atoms with van der Waals surface area (Å²) in [5.74, 6) is 0. The minimum atomic E-state index is 0.541. The molecule has 1 aliphatic heterocycles. The fourth-order valence-electron chi connectivity index (χ4n) is 2.26. The molecule has 1 fully saturated rings. The Labute approximate surface area is 100 Å². The predicted octanol–water partition coefficient (Wildman–Crippen LogP) is 2.38. The SMILES string of the molecule is c1ccc2oc(NCC3CCCCN3)nc2c1. The minimum Gasteiger partial charge on any atom is -0.424 e. The number of benzene rings is 1. The number of nitrogens with one attached hydrogen (secondary N) is 2. The summed E-state index contributed by atoms with van der Waals surface area (Å²) < 4.78 is 5.61. The first-order valence-corrected chi connectivity index (χ1v) is 6.25. The molecule has 1 unspecified atom stereocenters. The molecule has 2 heterocycles. The lowest BCUT2D eigenvalue weighted by Gasteiger charge is -2.23. The molecule has 0 saturated carbocycles. The number of aromatic nitrogens is 1. The number of nitrogens with zero attached hydrogens (tertiary/aromatic N) is 1. The molecule has 2 aromatic rings. The molecule has 0 aliphatic carbocycles. The first-order chi connectivity index (χ1) is 8.42. The summed E-state index contributed by atoms with van der Waals surface area (Å²) >= 11 is 0. The molecule has 4 nitrogen and oxygen atoms in total. The van der Waals surface area contributed by atoms with Crippen LogP contribution in [-0.2, 0) is 0 Å². The third kappa shape index (κ3) is 2.42. The number of anilines is 1. The van der Waals surface area contributed by atoms with E-state index in [1.807, 2.05) is 24.3 Å². The molecule has 1 atom stereocenters. The van der Waals surface area contributed by atoms with Gasteiger partial charge in [0.2, 0.25) is 0 Å². The molecule has 1 aliphatic rings. The van der Waals surface area contributed by atoms with Crippen molar-refractivity contribution in [2.75, 3.05) is 18.4 Å². The Bertz CT molecular complexity index is 455. The van der Waals surface area contributed by atoms with Gasteiger partial charge in [-0.3, -0.25) is 0 Å². The highest BCUT2D eigenvalue weighted by Gasteiger charge is 2.13. The van der Waals surface area contributed by atoms with Gasteiger partial charge in [0.15, 0.2) is 5.58 Å². The van der Waals surface area contributed by atoms with Crippen LogP contribution < -0.4 is 10.6 Å². The van der Waals surface area contributed by atoms with Gasteiger partial charge in [-0.15, -0.1) is 0 Å². The number of hydrogen-bond acceptors (Lipinski definition) is 4. The Morgan fingerprint density at radius 3 is 3.12 bits per heavy atom. The van der Waals surface area contributed by atoms with Crippen LogP contribution in [0, 0.1) is 0 Å². The number of oxazole rings is 1. The highest BCUT2D eigenvalue weighted by molar-refractivity contribution is 5.74. The lowest BCUT2D eigenvalue weighted by Crippen LogP contribution is -2.39. The zero-order chi connectivity index (χ0) is 11.5. The quantitative estimate of drug-likeness (QED) is 0.851. The average Bonchev–Trinajstić information content (AvgIpc) is 2.80. The fraction of sp³-hybridized carbons (Fsp3) is 0.462. The largest absolute Gasteiger partial charge is 0.424 e. The van der Waals surface area contributed by atoms with Crippen molar-refractivity contribution in [3.8, 4) is 0 Å². The molecule has 0 bridgehead atoms. The Morgan fingerprint density at radius 1 is 1.35 bits per heavy atom. The Balaban J connectivity index is 1.64. The molecule has 90 valence electrons. The Morgan fingerprint density at radius 2 is 2.29 bits per heavy atom. The first-order valence-electron chi connectivity index (χ1n) is 6.25. The molecule has 1 saturated heterocycles. The van der Waals surface area contributed by atoms with Crippen LogP contribution in [0.25, 0.3) is 11.1 Å². The van der Waals surface area contributed by atoms with Gasteiger partial charge in [-0.05, 0) is 31.5 Å². The average molecular weight is 231 g/mol. The van der Waals surface area contributed by atoms with Crippen LogP contribution in [0.1, 0.15) is 19.3 Å². The molecule has 17 heavy (non-hydrogen) atoms. The summed E-state index contributed by atoms with van der Waals surface area (Å²) in [4.78, 5) is 4.39. The predicted molar refractivity (Wildman–Crippen MR) is 68.1 cm³/mol. The number of rotatable bonds is 3. The van der Waals surface area contributed by atoms with Gasteiger partial charge in [-0.1, -0.05) is 18.6 Å². The highest BCUT2D eigenvalue weighted by Crippen LogP contribution is 2.18. The minimum absolute atomic E-state index is 0.541.